The normalized spacial score (nSPS) is 22.5. The predicted octanol–water partition coefficient (Wildman–Crippen LogP) is 2.79. The van der Waals surface area contributed by atoms with Crippen LogP contribution in [0.2, 0.25) is 0 Å². The van der Waals surface area contributed by atoms with Crippen molar-refractivity contribution in [3.8, 4) is 0 Å². The average Bonchev–Trinajstić information content (AvgIpc) is 2.39. The maximum Gasteiger partial charge on any atom is 0.181 e. The summed E-state index contributed by atoms with van der Waals surface area (Å²) >= 11 is 7.58. The van der Waals surface area contributed by atoms with Gasteiger partial charge in [-0.1, -0.05) is 0 Å². The lowest BCUT2D eigenvalue weighted by Gasteiger charge is -2.14. The van der Waals surface area contributed by atoms with Crippen molar-refractivity contribution in [3.63, 3.8) is 0 Å². The number of ketones is 1. The molecule has 0 fully saturated rings. The molecule has 12 heavy (non-hydrogen) atoms. The molecule has 64 valence electrons. The third-order valence-electron chi connectivity index (χ3n) is 2.11. The summed E-state index contributed by atoms with van der Waals surface area (Å²) in [6, 6.07) is 1.96. The Balaban J connectivity index is 2.48. The van der Waals surface area contributed by atoms with Gasteiger partial charge in [-0.2, -0.15) is 0 Å². The van der Waals surface area contributed by atoms with E-state index in [1.807, 2.05) is 13.0 Å². The van der Waals surface area contributed by atoms with Crippen molar-refractivity contribution in [2.45, 2.75) is 25.1 Å². The number of alkyl halides is 1. The number of aryl methyl sites for hydroxylation is 2. The summed E-state index contributed by atoms with van der Waals surface area (Å²) in [5.41, 5.74) is 0.865. The molecule has 1 aromatic heterocycles. The lowest BCUT2D eigenvalue weighted by molar-refractivity contribution is 0.0977. The summed E-state index contributed by atoms with van der Waals surface area (Å²) in [7, 11) is 0. The molecule has 0 amide bonds. The first-order valence-electron chi connectivity index (χ1n) is 3.96. The van der Waals surface area contributed by atoms with Crippen LogP contribution in [0.5, 0.6) is 0 Å². The molecule has 0 aliphatic heterocycles. The first-order chi connectivity index (χ1) is 5.68. The van der Waals surface area contributed by atoms with Crippen LogP contribution in [0.25, 0.3) is 0 Å². The third kappa shape index (κ3) is 1.19. The molecule has 1 atom stereocenters. The van der Waals surface area contributed by atoms with E-state index >= 15 is 0 Å². The number of rotatable bonds is 0. The van der Waals surface area contributed by atoms with Gasteiger partial charge in [0.15, 0.2) is 5.78 Å². The Labute approximate surface area is 80.4 Å². The molecule has 2 rings (SSSR count). The molecule has 3 heteroatoms. The zero-order valence-electron chi connectivity index (χ0n) is 6.76. The fourth-order valence-corrected chi connectivity index (χ4v) is 2.80. The number of Topliss-reactive ketones (excluding diaryl/α,β-unsaturated/α-hetero) is 1. The number of carbonyl (C=O) groups excluding carboxylic acids is 1. The Morgan fingerprint density at radius 3 is 3.17 bits per heavy atom. The maximum absolute atomic E-state index is 11.5. The van der Waals surface area contributed by atoms with Crippen LogP contribution in [0, 0.1) is 6.92 Å². The number of fused-ring (bicyclic) bond motifs is 1. The van der Waals surface area contributed by atoms with Gasteiger partial charge in [0, 0.05) is 15.3 Å². The van der Waals surface area contributed by atoms with Gasteiger partial charge in [-0.3, -0.25) is 4.79 Å². The third-order valence-corrected chi connectivity index (χ3v) is 3.63. The van der Waals surface area contributed by atoms with Crippen molar-refractivity contribution in [2.75, 3.05) is 0 Å². The molecular weight excluding hydrogens is 192 g/mol. The lowest BCUT2D eigenvalue weighted by Crippen LogP contribution is -2.20. The summed E-state index contributed by atoms with van der Waals surface area (Å²) in [5, 5.41) is -0.286. The highest BCUT2D eigenvalue weighted by molar-refractivity contribution is 7.12. The molecule has 1 nitrogen and oxygen atoms in total. The average molecular weight is 201 g/mol. The van der Waals surface area contributed by atoms with Crippen LogP contribution in [0.3, 0.4) is 0 Å². The Kier molecular flexibility index (Phi) is 1.97. The molecule has 0 radical (unpaired) electrons. The summed E-state index contributed by atoms with van der Waals surface area (Å²) in [5.74, 6) is 0.113. The monoisotopic (exact) mass is 200 g/mol. The van der Waals surface area contributed by atoms with E-state index in [0.29, 0.717) is 0 Å². The smallest absolute Gasteiger partial charge is 0.181 e. The van der Waals surface area contributed by atoms with E-state index in [1.54, 1.807) is 11.3 Å². The molecule has 1 unspecified atom stereocenters. The van der Waals surface area contributed by atoms with Gasteiger partial charge in [0.05, 0.1) is 5.38 Å². The van der Waals surface area contributed by atoms with Crippen molar-refractivity contribution in [1.29, 1.82) is 0 Å². The van der Waals surface area contributed by atoms with Crippen LogP contribution in [-0.4, -0.2) is 11.2 Å². The van der Waals surface area contributed by atoms with Gasteiger partial charge in [0.25, 0.3) is 0 Å². The second kappa shape index (κ2) is 2.86. The van der Waals surface area contributed by atoms with Crippen LogP contribution in [0.4, 0.5) is 0 Å². The van der Waals surface area contributed by atoms with Gasteiger partial charge < -0.3 is 0 Å². The van der Waals surface area contributed by atoms with Crippen LogP contribution < -0.4 is 0 Å². The molecular formula is C9H9ClOS. The zero-order chi connectivity index (χ0) is 8.72. The first-order valence-corrected chi connectivity index (χ1v) is 5.21. The topological polar surface area (TPSA) is 17.1 Å². The van der Waals surface area contributed by atoms with Gasteiger partial charge in [0.1, 0.15) is 0 Å². The first kappa shape index (κ1) is 8.27. The number of halogens is 1. The van der Waals surface area contributed by atoms with Crippen molar-refractivity contribution in [2.24, 2.45) is 0 Å². The van der Waals surface area contributed by atoms with Crippen molar-refractivity contribution < 1.29 is 4.79 Å². The molecule has 0 aromatic carbocycles. The van der Waals surface area contributed by atoms with Gasteiger partial charge in [-0.05, 0) is 25.8 Å². The molecule has 1 aliphatic carbocycles. The SMILES string of the molecule is Cc1cc2c(s1)CCC(Cl)C2=O. The van der Waals surface area contributed by atoms with E-state index in [2.05, 4.69) is 0 Å². The van der Waals surface area contributed by atoms with Gasteiger partial charge in [-0.15, -0.1) is 22.9 Å². The van der Waals surface area contributed by atoms with E-state index in [1.165, 1.54) is 9.75 Å². The summed E-state index contributed by atoms with van der Waals surface area (Å²) in [6.07, 6.45) is 1.76. The highest BCUT2D eigenvalue weighted by atomic mass is 35.5. The van der Waals surface area contributed by atoms with Gasteiger partial charge >= 0.3 is 0 Å². The molecule has 0 bridgehead atoms. The van der Waals surface area contributed by atoms with Gasteiger partial charge in [-0.25, -0.2) is 0 Å². The molecule has 0 N–H and O–H groups in total. The predicted molar refractivity (Wildman–Crippen MR) is 51.3 cm³/mol. The quantitative estimate of drug-likeness (QED) is 0.589. The fourth-order valence-electron chi connectivity index (χ4n) is 1.51. The van der Waals surface area contributed by atoms with Crippen LogP contribution in [-0.2, 0) is 6.42 Å². The molecule has 1 aliphatic rings. The van der Waals surface area contributed by atoms with Gasteiger partial charge in [0.2, 0.25) is 0 Å². The minimum Gasteiger partial charge on any atom is -0.292 e. The number of hydrogen-bond donors (Lipinski definition) is 0. The van der Waals surface area contributed by atoms with Crippen LogP contribution >= 0.6 is 22.9 Å². The summed E-state index contributed by atoms with van der Waals surface area (Å²) < 4.78 is 0. The second-order valence-electron chi connectivity index (χ2n) is 3.06. The van der Waals surface area contributed by atoms with Crippen molar-refractivity contribution in [1.82, 2.24) is 0 Å². The van der Waals surface area contributed by atoms with E-state index in [9.17, 15) is 4.79 Å². The number of thiophene rings is 1. The molecule has 0 spiro atoms. The lowest BCUT2D eigenvalue weighted by atomic mass is 9.97. The number of hydrogen-bond acceptors (Lipinski definition) is 2. The Morgan fingerprint density at radius 2 is 2.42 bits per heavy atom. The molecule has 0 saturated carbocycles. The highest BCUT2D eigenvalue weighted by Gasteiger charge is 2.26. The fraction of sp³-hybridized carbons (Fsp3) is 0.444. The van der Waals surface area contributed by atoms with Crippen molar-refractivity contribution >= 4 is 28.7 Å². The highest BCUT2D eigenvalue weighted by Crippen LogP contribution is 2.30. The van der Waals surface area contributed by atoms with E-state index < -0.39 is 0 Å². The number of carbonyl (C=O) groups is 1. The van der Waals surface area contributed by atoms with Crippen LogP contribution in [0.15, 0.2) is 6.07 Å². The second-order valence-corrected chi connectivity index (χ2v) is 4.93. The molecule has 1 aromatic rings. The van der Waals surface area contributed by atoms with Crippen LogP contribution in [0.1, 0.15) is 26.5 Å². The summed E-state index contributed by atoms with van der Waals surface area (Å²) in [6.45, 7) is 2.03. The van der Waals surface area contributed by atoms with E-state index in [0.717, 1.165) is 18.4 Å². The maximum atomic E-state index is 11.5. The Morgan fingerprint density at radius 1 is 1.67 bits per heavy atom. The van der Waals surface area contributed by atoms with E-state index in [-0.39, 0.29) is 11.2 Å². The Bertz CT molecular complexity index is 329. The zero-order valence-corrected chi connectivity index (χ0v) is 8.34. The Hall–Kier alpha value is -0.340. The minimum atomic E-state index is -0.286. The minimum absolute atomic E-state index is 0.113. The van der Waals surface area contributed by atoms with E-state index in [4.69, 9.17) is 11.6 Å². The van der Waals surface area contributed by atoms with Crippen molar-refractivity contribution in [3.05, 3.63) is 21.4 Å². The largest absolute Gasteiger partial charge is 0.292 e. The molecule has 1 heterocycles. The summed E-state index contributed by atoms with van der Waals surface area (Å²) in [4.78, 5) is 13.9. The molecule has 0 saturated heterocycles. The standard InChI is InChI=1S/C9H9ClOS/c1-5-4-6-8(12-5)3-2-7(10)9(6)11/h4,7H,2-3H2,1H3.